The SMILES string of the molecule is CC/C=C\C/C=C\C/C=C\C/C=C\C/C=C\CCCCCC(=O)OC(CCCCCCCCCCCC)CC(=O)NC(CO)C(O)CCCCCCCCCCCCCCCC. The van der Waals surface area contributed by atoms with E-state index in [0.717, 1.165) is 96.3 Å². The third-order valence-electron chi connectivity index (χ3n) is 11.9. The first-order valence-corrected chi connectivity index (χ1v) is 26.5. The van der Waals surface area contributed by atoms with E-state index in [1.807, 2.05) is 0 Å². The Morgan fingerprint density at radius 3 is 1.31 bits per heavy atom. The summed E-state index contributed by atoms with van der Waals surface area (Å²) in [6.45, 7) is 6.36. The van der Waals surface area contributed by atoms with Crippen molar-refractivity contribution in [1.82, 2.24) is 5.32 Å². The van der Waals surface area contributed by atoms with Crippen LogP contribution in [0.25, 0.3) is 0 Å². The summed E-state index contributed by atoms with van der Waals surface area (Å²) in [5, 5.41) is 23.8. The Morgan fingerprint density at radius 2 is 0.871 bits per heavy atom. The molecule has 3 N–H and O–H groups in total. The average molecular weight is 868 g/mol. The minimum atomic E-state index is -0.793. The van der Waals surface area contributed by atoms with Gasteiger partial charge in [-0.3, -0.25) is 9.59 Å². The molecule has 3 unspecified atom stereocenters. The molecule has 0 fully saturated rings. The normalized spacial score (nSPS) is 13.7. The molecule has 0 heterocycles. The molecule has 0 rings (SSSR count). The van der Waals surface area contributed by atoms with Crippen LogP contribution in [0.15, 0.2) is 60.8 Å². The predicted octanol–water partition coefficient (Wildman–Crippen LogP) is 16.0. The number of rotatable bonds is 47. The molecule has 0 aromatic carbocycles. The summed E-state index contributed by atoms with van der Waals surface area (Å²) in [7, 11) is 0. The van der Waals surface area contributed by atoms with Crippen LogP contribution in [-0.4, -0.2) is 46.9 Å². The van der Waals surface area contributed by atoms with Crippen LogP contribution in [0.4, 0.5) is 0 Å². The summed E-state index contributed by atoms with van der Waals surface area (Å²) in [5.41, 5.74) is 0. The van der Waals surface area contributed by atoms with Crippen molar-refractivity contribution in [1.29, 1.82) is 0 Å². The van der Waals surface area contributed by atoms with Crippen LogP contribution in [0.5, 0.6) is 0 Å². The van der Waals surface area contributed by atoms with Gasteiger partial charge in [0.2, 0.25) is 5.91 Å². The molecule has 6 nitrogen and oxygen atoms in total. The van der Waals surface area contributed by atoms with Crippen LogP contribution < -0.4 is 5.32 Å². The number of ether oxygens (including phenoxy) is 1. The topological polar surface area (TPSA) is 95.9 Å². The number of hydrogen-bond donors (Lipinski definition) is 3. The minimum Gasteiger partial charge on any atom is -0.462 e. The molecule has 0 saturated heterocycles. The van der Waals surface area contributed by atoms with Crippen molar-refractivity contribution >= 4 is 11.9 Å². The molecule has 0 bridgehead atoms. The number of hydrogen-bond acceptors (Lipinski definition) is 5. The molecule has 3 atom stereocenters. The van der Waals surface area contributed by atoms with Crippen LogP contribution in [0, 0.1) is 0 Å². The van der Waals surface area contributed by atoms with Gasteiger partial charge in [-0.1, -0.05) is 236 Å². The number of allylic oxidation sites excluding steroid dienone is 10. The first-order chi connectivity index (χ1) is 30.5. The summed E-state index contributed by atoms with van der Waals surface area (Å²) in [4.78, 5) is 26.1. The third kappa shape index (κ3) is 44.2. The molecule has 0 aliphatic rings. The quantitative estimate of drug-likeness (QED) is 0.0322. The fourth-order valence-electron chi connectivity index (χ4n) is 7.87. The van der Waals surface area contributed by atoms with E-state index in [0.29, 0.717) is 19.3 Å². The van der Waals surface area contributed by atoms with Crippen molar-refractivity contribution in [2.75, 3.05) is 6.61 Å². The van der Waals surface area contributed by atoms with Gasteiger partial charge in [0, 0.05) is 6.42 Å². The number of carbonyl (C=O) groups is 2. The smallest absolute Gasteiger partial charge is 0.306 e. The second-order valence-electron chi connectivity index (χ2n) is 17.9. The van der Waals surface area contributed by atoms with Crippen LogP contribution >= 0.6 is 0 Å². The monoisotopic (exact) mass is 868 g/mol. The molecule has 1 amide bonds. The number of esters is 1. The zero-order valence-corrected chi connectivity index (χ0v) is 41.0. The molecule has 0 aliphatic carbocycles. The van der Waals surface area contributed by atoms with Gasteiger partial charge in [-0.05, 0) is 70.6 Å². The number of nitrogens with one attached hydrogen (secondary N) is 1. The highest BCUT2D eigenvalue weighted by molar-refractivity contribution is 5.77. The van der Waals surface area contributed by atoms with Gasteiger partial charge in [-0.25, -0.2) is 0 Å². The lowest BCUT2D eigenvalue weighted by molar-refractivity contribution is -0.151. The van der Waals surface area contributed by atoms with E-state index in [1.54, 1.807) is 0 Å². The summed E-state index contributed by atoms with van der Waals surface area (Å²) in [5.74, 6) is -0.507. The molecule has 0 aliphatic heterocycles. The maximum Gasteiger partial charge on any atom is 0.306 e. The largest absolute Gasteiger partial charge is 0.462 e. The molecule has 0 aromatic rings. The van der Waals surface area contributed by atoms with Crippen LogP contribution in [-0.2, 0) is 14.3 Å². The van der Waals surface area contributed by atoms with Gasteiger partial charge in [0.15, 0.2) is 0 Å². The Morgan fingerprint density at radius 1 is 0.484 bits per heavy atom. The first kappa shape index (κ1) is 59.6. The van der Waals surface area contributed by atoms with Crippen molar-refractivity contribution < 1.29 is 24.5 Å². The molecular formula is C56H101NO5. The lowest BCUT2D eigenvalue weighted by Gasteiger charge is -2.24. The maximum atomic E-state index is 13.2. The summed E-state index contributed by atoms with van der Waals surface area (Å²) in [6.07, 6.45) is 61.4. The summed E-state index contributed by atoms with van der Waals surface area (Å²) in [6, 6.07) is -0.707. The van der Waals surface area contributed by atoms with Gasteiger partial charge in [0.25, 0.3) is 0 Å². The van der Waals surface area contributed by atoms with Gasteiger partial charge in [0.05, 0.1) is 25.2 Å². The van der Waals surface area contributed by atoms with Crippen LogP contribution in [0.3, 0.4) is 0 Å². The molecule has 0 spiro atoms. The molecule has 62 heavy (non-hydrogen) atoms. The van der Waals surface area contributed by atoms with Crippen molar-refractivity contribution in [2.24, 2.45) is 0 Å². The van der Waals surface area contributed by atoms with Crippen molar-refractivity contribution in [3.8, 4) is 0 Å². The maximum absolute atomic E-state index is 13.2. The van der Waals surface area contributed by atoms with Crippen molar-refractivity contribution in [2.45, 2.75) is 277 Å². The second kappa shape index (κ2) is 49.6. The second-order valence-corrected chi connectivity index (χ2v) is 17.9. The molecule has 360 valence electrons. The van der Waals surface area contributed by atoms with E-state index in [-0.39, 0.29) is 24.9 Å². The van der Waals surface area contributed by atoms with Gasteiger partial charge in [0.1, 0.15) is 6.10 Å². The van der Waals surface area contributed by atoms with Crippen molar-refractivity contribution in [3.05, 3.63) is 60.8 Å². The minimum absolute atomic E-state index is 0.0648. The standard InChI is InChI=1S/C56H101NO5/c1-4-7-10-13-16-19-22-24-26-27-28-29-30-32-34-37-40-43-46-49-56(61)62-52(47-44-41-38-35-21-18-15-12-9-6-3)50-55(60)57-53(51-58)54(59)48-45-42-39-36-33-31-25-23-20-17-14-11-8-5-2/h7,10,16,19,24,26,28-29,32,34,52-54,58-59H,4-6,8-9,11-15,17-18,20-23,25,27,30-31,33,35-51H2,1-3H3,(H,57,60)/b10-7-,19-16-,26-24-,29-28-,34-32-. The van der Waals surface area contributed by atoms with E-state index >= 15 is 0 Å². The highest BCUT2D eigenvalue weighted by Crippen LogP contribution is 2.18. The zero-order valence-electron chi connectivity index (χ0n) is 41.0. The Kier molecular flexibility index (Phi) is 47.6. The summed E-state index contributed by atoms with van der Waals surface area (Å²) < 4.78 is 5.92. The Labute approximate surface area is 384 Å². The lowest BCUT2D eigenvalue weighted by atomic mass is 10.0. The number of amides is 1. The molecule has 0 saturated carbocycles. The summed E-state index contributed by atoms with van der Waals surface area (Å²) >= 11 is 0. The number of aliphatic hydroxyl groups excluding tert-OH is 2. The van der Waals surface area contributed by atoms with Crippen LogP contribution in [0.2, 0.25) is 0 Å². The highest BCUT2D eigenvalue weighted by Gasteiger charge is 2.24. The zero-order chi connectivity index (χ0) is 45.2. The predicted molar refractivity (Wildman–Crippen MR) is 268 cm³/mol. The van der Waals surface area contributed by atoms with Crippen molar-refractivity contribution in [3.63, 3.8) is 0 Å². The number of aliphatic hydroxyl groups is 2. The fraction of sp³-hybridized carbons (Fsp3) is 0.786. The van der Waals surface area contributed by atoms with Gasteiger partial charge in [-0.2, -0.15) is 0 Å². The number of unbranched alkanes of at least 4 members (excludes halogenated alkanes) is 25. The fourth-order valence-corrected chi connectivity index (χ4v) is 7.87. The van der Waals surface area contributed by atoms with E-state index in [2.05, 4.69) is 86.8 Å². The van der Waals surface area contributed by atoms with Gasteiger partial charge >= 0.3 is 5.97 Å². The van der Waals surface area contributed by atoms with Crippen LogP contribution in [0.1, 0.15) is 258 Å². The highest BCUT2D eigenvalue weighted by atomic mass is 16.5. The Hall–Kier alpha value is -2.44. The van der Waals surface area contributed by atoms with E-state index in [4.69, 9.17) is 4.74 Å². The molecule has 0 radical (unpaired) electrons. The Bertz CT molecular complexity index is 1110. The van der Waals surface area contributed by atoms with E-state index in [1.165, 1.54) is 116 Å². The van der Waals surface area contributed by atoms with Gasteiger partial charge < -0.3 is 20.3 Å². The first-order valence-electron chi connectivity index (χ1n) is 26.5. The van der Waals surface area contributed by atoms with E-state index < -0.39 is 18.2 Å². The van der Waals surface area contributed by atoms with Gasteiger partial charge in [-0.15, -0.1) is 0 Å². The molecular weight excluding hydrogens is 767 g/mol. The lowest BCUT2D eigenvalue weighted by Crippen LogP contribution is -2.46. The number of carbonyl (C=O) groups excluding carboxylic acids is 2. The third-order valence-corrected chi connectivity index (χ3v) is 11.9. The Balaban J connectivity index is 4.53. The molecule has 6 heteroatoms. The average Bonchev–Trinajstić information content (AvgIpc) is 3.26. The molecule has 0 aromatic heterocycles. The van der Waals surface area contributed by atoms with E-state index in [9.17, 15) is 19.8 Å².